The van der Waals surface area contributed by atoms with Crippen molar-refractivity contribution >= 4 is 28.2 Å². The van der Waals surface area contributed by atoms with Gasteiger partial charge < -0.3 is 9.64 Å². The molecule has 5 aliphatic rings. The third-order valence-electron chi connectivity index (χ3n) is 13.7. The van der Waals surface area contributed by atoms with Crippen LogP contribution in [-0.4, -0.2) is 0 Å². The molecule has 0 bridgehead atoms. The van der Waals surface area contributed by atoms with E-state index in [0.29, 0.717) is 0 Å². The largest absolute Gasteiger partial charge is 0.457 e. The van der Waals surface area contributed by atoms with E-state index < -0.39 is 5.41 Å². The molecular weight excluding hydrogens is 715 g/mol. The average molecular weight is 760 g/mol. The number of ether oxygens (including phenoxy) is 1. The number of anilines is 3. The second kappa shape index (κ2) is 12.6. The molecule has 284 valence electrons. The minimum atomic E-state index is -0.700. The lowest BCUT2D eigenvalue weighted by Gasteiger charge is -2.41. The molecule has 0 atom stereocenters. The molecule has 1 spiro atoms. The van der Waals surface area contributed by atoms with Crippen molar-refractivity contribution in [3.05, 3.63) is 238 Å². The van der Waals surface area contributed by atoms with Crippen LogP contribution in [-0.2, 0) is 16.2 Å². The fraction of sp³-hybridized carbons (Fsp3) is 0.140. The summed E-state index contributed by atoms with van der Waals surface area (Å²) in [6.45, 7) is 15.9. The second-order valence-electron chi connectivity index (χ2n) is 17.3. The molecule has 6 aromatic rings. The maximum Gasteiger partial charge on any atom is 0.132 e. The zero-order valence-electron chi connectivity index (χ0n) is 34.2. The van der Waals surface area contributed by atoms with E-state index in [0.717, 1.165) is 39.7 Å². The molecule has 1 heterocycles. The minimum Gasteiger partial charge on any atom is -0.457 e. The van der Waals surface area contributed by atoms with Gasteiger partial charge in [0.2, 0.25) is 0 Å². The minimum absolute atomic E-state index is 0.169. The summed E-state index contributed by atoms with van der Waals surface area (Å²) < 4.78 is 6.77. The molecule has 11 rings (SSSR count). The van der Waals surface area contributed by atoms with Crippen LogP contribution in [0.5, 0.6) is 11.5 Å². The van der Waals surface area contributed by atoms with Gasteiger partial charge in [-0.05, 0) is 123 Å². The van der Waals surface area contributed by atoms with Crippen LogP contribution in [0.25, 0.3) is 22.3 Å². The van der Waals surface area contributed by atoms with Crippen LogP contribution >= 0.6 is 0 Å². The zero-order chi connectivity index (χ0) is 40.3. The predicted molar refractivity (Wildman–Crippen MR) is 245 cm³/mol. The highest BCUT2D eigenvalue weighted by Gasteiger charge is 2.54. The zero-order valence-corrected chi connectivity index (χ0v) is 34.2. The van der Waals surface area contributed by atoms with Crippen LogP contribution in [0, 0.1) is 0 Å². The first kappa shape index (κ1) is 35.3. The Kier molecular flexibility index (Phi) is 7.52. The molecule has 0 saturated carbocycles. The fourth-order valence-electron chi connectivity index (χ4n) is 11.1. The van der Waals surface area contributed by atoms with Gasteiger partial charge in [0.15, 0.2) is 0 Å². The molecule has 6 aromatic carbocycles. The van der Waals surface area contributed by atoms with Crippen molar-refractivity contribution < 1.29 is 4.74 Å². The monoisotopic (exact) mass is 759 g/mol. The molecule has 1 aliphatic heterocycles. The third-order valence-corrected chi connectivity index (χ3v) is 13.7. The maximum absolute atomic E-state index is 6.77. The van der Waals surface area contributed by atoms with Crippen LogP contribution in [0.15, 0.2) is 193 Å². The maximum atomic E-state index is 6.77. The van der Waals surface area contributed by atoms with E-state index in [2.05, 4.69) is 210 Å². The van der Waals surface area contributed by atoms with Crippen LogP contribution in [0.2, 0.25) is 0 Å². The Morgan fingerprint density at radius 1 is 0.627 bits per heavy atom. The van der Waals surface area contributed by atoms with Crippen LogP contribution in [0.1, 0.15) is 79.1 Å². The van der Waals surface area contributed by atoms with Crippen molar-refractivity contribution in [2.45, 2.75) is 50.9 Å². The quantitative estimate of drug-likeness (QED) is 0.166. The molecular formula is C57H45NO. The first-order valence-corrected chi connectivity index (χ1v) is 20.7. The van der Waals surface area contributed by atoms with Gasteiger partial charge in [0.25, 0.3) is 0 Å². The van der Waals surface area contributed by atoms with E-state index in [1.165, 1.54) is 66.8 Å². The number of rotatable bonds is 4. The number of hydrogen-bond donors (Lipinski definition) is 0. The standard InChI is InChI=1S/C57H45NO/c1-7-19-46-38(8-2)43-22-18-27-51(54(43)57(46)47-25-14-16-28-52(47)59-53-29-17-15-26-48(53)57)58(37-31-33-42-40-21-12-13-24-45(40)56(5,6)50(42)35-37)36-30-32-41-39-20-10-9-11-23-44(39)55(3,4)49(41)34-36/h7-9,11-35H,1H2,2-6H3/b38-8-,46-19+. The van der Waals surface area contributed by atoms with E-state index in [4.69, 9.17) is 4.74 Å². The fourth-order valence-corrected chi connectivity index (χ4v) is 11.1. The lowest BCUT2D eigenvalue weighted by atomic mass is 9.65. The third kappa shape index (κ3) is 4.64. The van der Waals surface area contributed by atoms with Crippen LogP contribution < -0.4 is 9.64 Å². The predicted octanol–water partition coefficient (Wildman–Crippen LogP) is 14.8. The van der Waals surface area contributed by atoms with Gasteiger partial charge in [-0.1, -0.05) is 150 Å². The van der Waals surface area contributed by atoms with Gasteiger partial charge in [0, 0.05) is 38.9 Å². The molecule has 0 radical (unpaired) electrons. The first-order chi connectivity index (χ1) is 28.7. The molecule has 0 fully saturated rings. The summed E-state index contributed by atoms with van der Waals surface area (Å²) in [5, 5.41) is 0. The van der Waals surface area contributed by atoms with Gasteiger partial charge in [-0.2, -0.15) is 0 Å². The Morgan fingerprint density at radius 3 is 1.93 bits per heavy atom. The smallest absolute Gasteiger partial charge is 0.132 e. The number of nitrogens with zero attached hydrogens (tertiary/aromatic N) is 1. The Bertz CT molecular complexity index is 3000. The summed E-state index contributed by atoms with van der Waals surface area (Å²) in [5.74, 6) is 1.73. The van der Waals surface area contributed by atoms with E-state index in [1.807, 2.05) is 12.2 Å². The lowest BCUT2D eigenvalue weighted by molar-refractivity contribution is 0.436. The lowest BCUT2D eigenvalue weighted by Crippen LogP contribution is -2.33. The summed E-state index contributed by atoms with van der Waals surface area (Å²) in [4.78, 5) is 2.54. The molecule has 0 unspecified atom stereocenters. The number of hydrogen-bond acceptors (Lipinski definition) is 2. The summed E-state index contributed by atoms with van der Waals surface area (Å²) >= 11 is 0. The number of para-hydroxylation sites is 2. The molecule has 2 nitrogen and oxygen atoms in total. The molecule has 0 amide bonds. The summed E-state index contributed by atoms with van der Waals surface area (Å²) in [6, 6.07) is 47.2. The average Bonchev–Trinajstić information content (AvgIpc) is 3.60. The number of benzene rings is 6. The van der Waals surface area contributed by atoms with Gasteiger partial charge in [-0.15, -0.1) is 5.73 Å². The molecule has 0 saturated heterocycles. The summed E-state index contributed by atoms with van der Waals surface area (Å²) in [7, 11) is 0. The highest BCUT2D eigenvalue weighted by molar-refractivity contribution is 6.01. The van der Waals surface area contributed by atoms with E-state index >= 15 is 0 Å². The highest BCUT2D eigenvalue weighted by atomic mass is 16.5. The first-order valence-electron chi connectivity index (χ1n) is 20.7. The summed E-state index contributed by atoms with van der Waals surface area (Å²) in [6.07, 6.45) is 15.0. The van der Waals surface area contributed by atoms with Crippen molar-refractivity contribution in [2.24, 2.45) is 0 Å². The Hall–Kier alpha value is -6.86. The van der Waals surface area contributed by atoms with Crippen LogP contribution in [0.3, 0.4) is 0 Å². The van der Waals surface area contributed by atoms with Crippen molar-refractivity contribution in [1.82, 2.24) is 0 Å². The Morgan fingerprint density at radius 2 is 1.24 bits per heavy atom. The Labute approximate surface area is 347 Å². The van der Waals surface area contributed by atoms with Gasteiger partial charge >= 0.3 is 0 Å². The van der Waals surface area contributed by atoms with E-state index in [-0.39, 0.29) is 10.8 Å². The van der Waals surface area contributed by atoms with E-state index in [1.54, 1.807) is 0 Å². The molecule has 0 N–H and O–H groups in total. The molecule has 59 heavy (non-hydrogen) atoms. The van der Waals surface area contributed by atoms with Crippen LogP contribution in [0.4, 0.5) is 17.1 Å². The highest BCUT2D eigenvalue weighted by Crippen LogP contribution is 2.66. The van der Waals surface area contributed by atoms with Crippen molar-refractivity contribution in [3.63, 3.8) is 0 Å². The van der Waals surface area contributed by atoms with Crippen molar-refractivity contribution in [1.29, 1.82) is 0 Å². The van der Waals surface area contributed by atoms with Gasteiger partial charge in [-0.25, -0.2) is 0 Å². The van der Waals surface area contributed by atoms with E-state index in [9.17, 15) is 0 Å². The Balaban J connectivity index is 1.24. The molecule has 2 heteroatoms. The van der Waals surface area contributed by atoms with Gasteiger partial charge in [0.05, 0.1) is 11.1 Å². The number of fused-ring (bicyclic) bond motifs is 11. The van der Waals surface area contributed by atoms with Gasteiger partial charge in [-0.3, -0.25) is 0 Å². The second-order valence-corrected chi connectivity index (χ2v) is 17.3. The SMILES string of the molecule is C=C/C=C1\C(=C/C)c2cccc(N(c3ccc4c(c3)C(C)(C)C3=C4C=C=CC=C3)c3ccc4c(c3)C(C)(C)c3ccccc3-4)c2C12c1ccccc1Oc1ccccc12. The number of allylic oxidation sites excluding steroid dienone is 10. The van der Waals surface area contributed by atoms with Crippen molar-refractivity contribution in [2.75, 3.05) is 4.90 Å². The normalized spacial score (nSPS) is 18.7. The molecule has 4 aliphatic carbocycles. The summed E-state index contributed by atoms with van der Waals surface area (Å²) in [5.41, 5.74) is 23.2. The van der Waals surface area contributed by atoms with Gasteiger partial charge in [0.1, 0.15) is 11.5 Å². The molecule has 0 aromatic heterocycles. The van der Waals surface area contributed by atoms with Crippen molar-refractivity contribution in [3.8, 4) is 22.6 Å². The topological polar surface area (TPSA) is 12.5 Å².